The van der Waals surface area contributed by atoms with E-state index in [1.165, 1.54) is 49.9 Å². The summed E-state index contributed by atoms with van der Waals surface area (Å²) in [6, 6.07) is 8.82. The zero-order chi connectivity index (χ0) is 21.9. The maximum absolute atomic E-state index is 5.37. The van der Waals surface area contributed by atoms with Crippen LogP contribution in [0.2, 0.25) is 0 Å². The lowest BCUT2D eigenvalue weighted by Crippen LogP contribution is -2.45. The molecule has 3 rings (SSSR count). The Bertz CT molecular complexity index is 678. The van der Waals surface area contributed by atoms with Gasteiger partial charge < -0.3 is 20.3 Å². The van der Waals surface area contributed by atoms with E-state index in [4.69, 9.17) is 4.74 Å². The van der Waals surface area contributed by atoms with Gasteiger partial charge in [0.15, 0.2) is 5.96 Å². The molecule has 6 nitrogen and oxygen atoms in total. The summed E-state index contributed by atoms with van der Waals surface area (Å²) in [7, 11) is 3.67. The summed E-state index contributed by atoms with van der Waals surface area (Å²) in [4.78, 5) is 9.60. The van der Waals surface area contributed by atoms with Crippen LogP contribution in [0.3, 0.4) is 0 Å². The van der Waals surface area contributed by atoms with Gasteiger partial charge in [0, 0.05) is 66.6 Å². The summed E-state index contributed by atoms with van der Waals surface area (Å²) >= 11 is 0. The molecular weight excluding hydrogens is 386 g/mol. The van der Waals surface area contributed by atoms with Crippen molar-refractivity contribution in [3.8, 4) is 0 Å². The first-order valence-electron chi connectivity index (χ1n) is 12.1. The van der Waals surface area contributed by atoms with E-state index < -0.39 is 0 Å². The molecule has 6 heteroatoms. The lowest BCUT2D eigenvalue weighted by Gasteiger charge is -2.34. The van der Waals surface area contributed by atoms with Gasteiger partial charge in [0.25, 0.3) is 0 Å². The molecule has 1 saturated heterocycles. The Morgan fingerprint density at radius 3 is 2.35 bits per heavy atom. The predicted octanol–water partition coefficient (Wildman–Crippen LogP) is 3.09. The van der Waals surface area contributed by atoms with Crippen LogP contribution >= 0.6 is 0 Å². The summed E-state index contributed by atoms with van der Waals surface area (Å²) in [5.74, 6) is 0.898. The van der Waals surface area contributed by atoms with Crippen molar-refractivity contribution in [2.24, 2.45) is 10.4 Å². The first-order chi connectivity index (χ1) is 15.2. The van der Waals surface area contributed by atoms with Gasteiger partial charge in [-0.25, -0.2) is 0 Å². The van der Waals surface area contributed by atoms with Gasteiger partial charge in [-0.1, -0.05) is 44.0 Å². The first-order valence-corrected chi connectivity index (χ1v) is 12.1. The van der Waals surface area contributed by atoms with Crippen molar-refractivity contribution in [2.75, 3.05) is 60.0 Å². The van der Waals surface area contributed by atoms with Gasteiger partial charge in [0.05, 0.1) is 0 Å². The summed E-state index contributed by atoms with van der Waals surface area (Å²) in [6.45, 7) is 11.7. The second kappa shape index (κ2) is 12.4. The average molecular weight is 430 g/mol. The highest BCUT2D eigenvalue weighted by atomic mass is 16.5. The lowest BCUT2D eigenvalue weighted by atomic mass is 9.83. The fourth-order valence-electron chi connectivity index (χ4n) is 5.02. The molecule has 174 valence electrons. The van der Waals surface area contributed by atoms with Crippen LogP contribution in [0.1, 0.15) is 50.2 Å². The van der Waals surface area contributed by atoms with Gasteiger partial charge >= 0.3 is 0 Å². The molecule has 0 unspecified atom stereocenters. The van der Waals surface area contributed by atoms with Crippen molar-refractivity contribution in [1.29, 1.82) is 0 Å². The Labute approximate surface area is 189 Å². The van der Waals surface area contributed by atoms with Crippen LogP contribution < -0.4 is 10.6 Å². The van der Waals surface area contributed by atoms with Crippen molar-refractivity contribution >= 4 is 5.96 Å². The number of guanidine groups is 1. The van der Waals surface area contributed by atoms with E-state index in [0.717, 1.165) is 58.3 Å². The molecule has 2 N–H and O–H groups in total. The number of benzene rings is 1. The molecule has 0 spiro atoms. The third-order valence-electron chi connectivity index (χ3n) is 7.23. The fourth-order valence-corrected chi connectivity index (χ4v) is 5.02. The molecule has 0 amide bonds. The maximum atomic E-state index is 5.37. The van der Waals surface area contributed by atoms with Crippen LogP contribution in [0.25, 0.3) is 0 Å². The van der Waals surface area contributed by atoms with Crippen LogP contribution in [-0.4, -0.2) is 75.8 Å². The van der Waals surface area contributed by atoms with Crippen LogP contribution in [0.5, 0.6) is 0 Å². The van der Waals surface area contributed by atoms with Gasteiger partial charge in [0.2, 0.25) is 0 Å². The van der Waals surface area contributed by atoms with Gasteiger partial charge in [-0.2, -0.15) is 0 Å². The molecule has 1 aliphatic carbocycles. The number of ether oxygens (including phenoxy) is 1. The Hall–Kier alpha value is -1.63. The average Bonchev–Trinajstić information content (AvgIpc) is 3.28. The second-order valence-electron chi connectivity index (χ2n) is 9.21. The van der Waals surface area contributed by atoms with Crippen LogP contribution in [0, 0.1) is 5.41 Å². The molecule has 1 aromatic carbocycles. The Morgan fingerprint density at radius 2 is 1.71 bits per heavy atom. The van der Waals surface area contributed by atoms with E-state index in [-0.39, 0.29) is 0 Å². The maximum Gasteiger partial charge on any atom is 0.191 e. The van der Waals surface area contributed by atoms with E-state index in [1.54, 1.807) is 7.11 Å². The number of aliphatic imine (C=N–C) groups is 1. The molecule has 0 bridgehead atoms. The highest BCUT2D eigenvalue weighted by Crippen LogP contribution is 2.40. The normalized spacial score (nSPS) is 20.2. The Balaban J connectivity index is 1.51. The molecular formula is C25H43N5O. The zero-order valence-corrected chi connectivity index (χ0v) is 20.0. The molecule has 1 aliphatic heterocycles. The standard InChI is InChI=1S/C25H43N5O/c1-4-29-14-16-30(17-15-29)20-23-10-6-5-9-22(23)19-27-24(26-2)28-21-25(13-18-31-3)11-7-8-12-25/h5-6,9-10H,4,7-8,11-21H2,1-3H3,(H2,26,27,28). The monoisotopic (exact) mass is 429 g/mol. The second-order valence-corrected chi connectivity index (χ2v) is 9.21. The molecule has 0 atom stereocenters. The van der Waals surface area contributed by atoms with E-state index >= 15 is 0 Å². The van der Waals surface area contributed by atoms with Crippen LogP contribution in [0.15, 0.2) is 29.3 Å². The van der Waals surface area contributed by atoms with E-state index in [9.17, 15) is 0 Å². The largest absolute Gasteiger partial charge is 0.385 e. The van der Waals surface area contributed by atoms with Gasteiger partial charge in [-0.15, -0.1) is 0 Å². The van der Waals surface area contributed by atoms with Gasteiger partial charge in [-0.05, 0) is 42.3 Å². The summed E-state index contributed by atoms with van der Waals surface area (Å²) in [5.41, 5.74) is 3.13. The van der Waals surface area contributed by atoms with Crippen molar-refractivity contribution in [3.05, 3.63) is 35.4 Å². The minimum absolute atomic E-state index is 0.353. The number of hydrogen-bond acceptors (Lipinski definition) is 4. The predicted molar refractivity (Wildman–Crippen MR) is 129 cm³/mol. The minimum Gasteiger partial charge on any atom is -0.385 e. The van der Waals surface area contributed by atoms with Crippen LogP contribution in [0.4, 0.5) is 0 Å². The summed E-state index contributed by atoms with van der Waals surface area (Å²) in [6.07, 6.45) is 6.36. The molecule has 2 fully saturated rings. The molecule has 1 saturated carbocycles. The highest BCUT2D eigenvalue weighted by molar-refractivity contribution is 5.79. The molecule has 2 aliphatic rings. The minimum atomic E-state index is 0.353. The van der Waals surface area contributed by atoms with Crippen molar-refractivity contribution in [2.45, 2.75) is 52.1 Å². The molecule has 1 aromatic rings. The number of methoxy groups -OCH3 is 1. The lowest BCUT2D eigenvalue weighted by molar-refractivity contribution is 0.131. The van der Waals surface area contributed by atoms with Crippen molar-refractivity contribution in [3.63, 3.8) is 0 Å². The molecule has 31 heavy (non-hydrogen) atoms. The molecule has 1 heterocycles. The zero-order valence-electron chi connectivity index (χ0n) is 20.0. The Kier molecular flexibility index (Phi) is 9.62. The first kappa shape index (κ1) is 24.0. The summed E-state index contributed by atoms with van der Waals surface area (Å²) < 4.78 is 5.37. The number of piperazine rings is 1. The smallest absolute Gasteiger partial charge is 0.191 e. The van der Waals surface area contributed by atoms with E-state index in [2.05, 4.69) is 56.6 Å². The third kappa shape index (κ3) is 7.19. The van der Waals surface area contributed by atoms with Crippen molar-refractivity contribution < 1.29 is 4.74 Å². The van der Waals surface area contributed by atoms with Crippen molar-refractivity contribution in [1.82, 2.24) is 20.4 Å². The third-order valence-corrected chi connectivity index (χ3v) is 7.23. The number of nitrogens with one attached hydrogen (secondary N) is 2. The summed E-state index contributed by atoms with van der Waals surface area (Å²) in [5, 5.41) is 7.17. The Morgan fingerprint density at radius 1 is 1.03 bits per heavy atom. The number of rotatable bonds is 10. The molecule has 0 radical (unpaired) electrons. The van der Waals surface area contributed by atoms with Crippen LogP contribution in [-0.2, 0) is 17.8 Å². The number of likely N-dealkylation sites (N-methyl/N-ethyl adjacent to an activating group) is 1. The van der Waals surface area contributed by atoms with Gasteiger partial charge in [-0.3, -0.25) is 9.89 Å². The number of hydrogen-bond donors (Lipinski definition) is 2. The van der Waals surface area contributed by atoms with E-state index in [0.29, 0.717) is 5.41 Å². The quantitative estimate of drug-likeness (QED) is 0.442. The molecule has 0 aromatic heterocycles. The highest BCUT2D eigenvalue weighted by Gasteiger charge is 2.33. The van der Waals surface area contributed by atoms with E-state index in [1.807, 2.05) is 7.05 Å². The SMILES string of the molecule is CCN1CCN(Cc2ccccc2CNC(=NC)NCC2(CCOC)CCCC2)CC1. The fraction of sp³-hybridized carbons (Fsp3) is 0.720. The topological polar surface area (TPSA) is 52.1 Å². The van der Waals surface area contributed by atoms with Gasteiger partial charge in [0.1, 0.15) is 0 Å². The number of nitrogens with zero attached hydrogens (tertiary/aromatic N) is 3.